The van der Waals surface area contributed by atoms with Crippen LogP contribution in [0.4, 0.5) is 10.5 Å². The van der Waals surface area contributed by atoms with Gasteiger partial charge in [0.25, 0.3) is 0 Å². The number of urea groups is 1. The number of nitrogens with zero attached hydrogens (tertiary/aromatic N) is 2. The van der Waals surface area contributed by atoms with Crippen LogP contribution in [0.15, 0.2) is 24.3 Å². The molecule has 0 saturated heterocycles. The molecule has 2 N–H and O–H groups in total. The molecule has 21 heavy (non-hydrogen) atoms. The molecule has 0 aliphatic carbocycles. The first kappa shape index (κ1) is 16.5. The number of carboxylic acids is 1. The van der Waals surface area contributed by atoms with Crippen molar-refractivity contribution >= 4 is 17.7 Å². The van der Waals surface area contributed by atoms with Crippen molar-refractivity contribution < 1.29 is 14.7 Å². The standard InChI is InChI=1S/C15H19N3O3/c1-3-6-12(14(19)20)10-17-15(21)18(2)13-8-5-4-7-11(13)9-16/h4-5,7-8,12H,3,6,10H2,1-2H3,(H,17,21)(H,19,20). The number of carbonyl (C=O) groups excluding carboxylic acids is 1. The highest BCUT2D eigenvalue weighted by Crippen LogP contribution is 2.18. The van der Waals surface area contributed by atoms with Crippen molar-refractivity contribution in [1.82, 2.24) is 5.32 Å². The zero-order chi connectivity index (χ0) is 15.8. The Morgan fingerprint density at radius 2 is 2.10 bits per heavy atom. The molecule has 0 aliphatic rings. The van der Waals surface area contributed by atoms with Crippen LogP contribution in [-0.4, -0.2) is 30.7 Å². The normalized spacial score (nSPS) is 11.3. The quantitative estimate of drug-likeness (QED) is 0.839. The smallest absolute Gasteiger partial charge is 0.321 e. The van der Waals surface area contributed by atoms with E-state index in [1.807, 2.05) is 13.0 Å². The SMILES string of the molecule is CCCC(CNC(=O)N(C)c1ccccc1C#N)C(=O)O. The Morgan fingerprint density at radius 1 is 1.43 bits per heavy atom. The molecule has 1 aromatic carbocycles. The number of para-hydroxylation sites is 1. The molecule has 1 rings (SSSR count). The van der Waals surface area contributed by atoms with Gasteiger partial charge in [-0.2, -0.15) is 5.26 Å². The Morgan fingerprint density at radius 3 is 2.67 bits per heavy atom. The van der Waals surface area contributed by atoms with Crippen LogP contribution in [-0.2, 0) is 4.79 Å². The topological polar surface area (TPSA) is 93.4 Å². The van der Waals surface area contributed by atoms with Crippen LogP contribution in [0.3, 0.4) is 0 Å². The number of anilines is 1. The van der Waals surface area contributed by atoms with Gasteiger partial charge in [0.2, 0.25) is 0 Å². The minimum absolute atomic E-state index is 0.0705. The lowest BCUT2D eigenvalue weighted by molar-refractivity contribution is -0.141. The fourth-order valence-electron chi connectivity index (χ4n) is 1.96. The Labute approximate surface area is 124 Å². The van der Waals surface area contributed by atoms with E-state index in [4.69, 9.17) is 10.4 Å². The van der Waals surface area contributed by atoms with Gasteiger partial charge in [0.15, 0.2) is 0 Å². The Balaban J connectivity index is 2.71. The molecule has 0 heterocycles. The van der Waals surface area contributed by atoms with Crippen molar-refractivity contribution in [3.8, 4) is 6.07 Å². The zero-order valence-electron chi connectivity index (χ0n) is 12.2. The molecule has 0 aromatic heterocycles. The van der Waals surface area contributed by atoms with Gasteiger partial charge >= 0.3 is 12.0 Å². The molecule has 0 radical (unpaired) electrons. The van der Waals surface area contributed by atoms with E-state index in [1.165, 1.54) is 4.90 Å². The summed E-state index contributed by atoms with van der Waals surface area (Å²) in [7, 11) is 1.54. The Hall–Kier alpha value is -2.55. The van der Waals surface area contributed by atoms with Crippen molar-refractivity contribution in [2.45, 2.75) is 19.8 Å². The number of nitrogens with one attached hydrogen (secondary N) is 1. The van der Waals surface area contributed by atoms with E-state index in [0.29, 0.717) is 17.7 Å². The van der Waals surface area contributed by atoms with Crippen LogP contribution in [0, 0.1) is 17.2 Å². The van der Waals surface area contributed by atoms with Crippen molar-refractivity contribution in [3.05, 3.63) is 29.8 Å². The highest BCUT2D eigenvalue weighted by molar-refractivity contribution is 5.93. The summed E-state index contributed by atoms with van der Waals surface area (Å²) in [5, 5.41) is 20.7. The van der Waals surface area contributed by atoms with Crippen LogP contribution in [0.5, 0.6) is 0 Å². The number of aliphatic carboxylic acids is 1. The highest BCUT2D eigenvalue weighted by atomic mass is 16.4. The molecule has 0 aliphatic heterocycles. The van der Waals surface area contributed by atoms with Gasteiger partial charge in [-0.15, -0.1) is 0 Å². The minimum atomic E-state index is -0.919. The number of hydrogen-bond acceptors (Lipinski definition) is 3. The maximum Gasteiger partial charge on any atom is 0.321 e. The number of benzene rings is 1. The lowest BCUT2D eigenvalue weighted by Crippen LogP contribution is -2.41. The van der Waals surface area contributed by atoms with Gasteiger partial charge < -0.3 is 10.4 Å². The molecule has 6 nitrogen and oxygen atoms in total. The highest BCUT2D eigenvalue weighted by Gasteiger charge is 2.19. The number of hydrogen-bond donors (Lipinski definition) is 2. The van der Waals surface area contributed by atoms with Crippen molar-refractivity contribution in [3.63, 3.8) is 0 Å². The third kappa shape index (κ3) is 4.49. The largest absolute Gasteiger partial charge is 0.481 e. The second-order valence-corrected chi connectivity index (χ2v) is 4.70. The summed E-state index contributed by atoms with van der Waals surface area (Å²) < 4.78 is 0. The van der Waals surface area contributed by atoms with Crippen molar-refractivity contribution in [1.29, 1.82) is 5.26 Å². The fraction of sp³-hybridized carbons (Fsp3) is 0.400. The van der Waals surface area contributed by atoms with Gasteiger partial charge in [-0.05, 0) is 18.6 Å². The molecule has 0 bridgehead atoms. The van der Waals surface area contributed by atoms with Crippen LogP contribution >= 0.6 is 0 Å². The van der Waals surface area contributed by atoms with Crippen LogP contribution in [0.1, 0.15) is 25.3 Å². The van der Waals surface area contributed by atoms with E-state index < -0.39 is 17.9 Å². The summed E-state index contributed by atoms with van der Waals surface area (Å²) in [5.74, 6) is -1.52. The van der Waals surface area contributed by atoms with Gasteiger partial charge in [0, 0.05) is 13.6 Å². The summed E-state index contributed by atoms with van der Waals surface area (Å²) in [5.41, 5.74) is 0.873. The molecule has 2 amide bonds. The Bertz CT molecular complexity index is 551. The summed E-state index contributed by atoms with van der Waals surface area (Å²) in [6.45, 7) is 1.97. The molecule has 1 unspecified atom stereocenters. The molecular weight excluding hydrogens is 270 g/mol. The third-order valence-electron chi connectivity index (χ3n) is 3.18. The van der Waals surface area contributed by atoms with Crippen molar-refractivity contribution in [2.24, 2.45) is 5.92 Å². The number of carbonyl (C=O) groups is 2. The van der Waals surface area contributed by atoms with E-state index in [2.05, 4.69) is 5.32 Å². The molecule has 0 fully saturated rings. The number of nitriles is 1. The Kier molecular flexibility index (Phi) is 6.21. The predicted octanol–water partition coefficient (Wildman–Crippen LogP) is 2.20. The van der Waals surface area contributed by atoms with Crippen LogP contribution in [0.2, 0.25) is 0 Å². The van der Waals surface area contributed by atoms with E-state index in [-0.39, 0.29) is 6.54 Å². The first-order valence-corrected chi connectivity index (χ1v) is 6.74. The minimum Gasteiger partial charge on any atom is -0.481 e. The average molecular weight is 289 g/mol. The van der Waals surface area contributed by atoms with Gasteiger partial charge in [0.05, 0.1) is 17.2 Å². The fourth-order valence-corrected chi connectivity index (χ4v) is 1.96. The van der Waals surface area contributed by atoms with E-state index >= 15 is 0 Å². The summed E-state index contributed by atoms with van der Waals surface area (Å²) in [4.78, 5) is 24.4. The maximum atomic E-state index is 12.1. The first-order chi connectivity index (χ1) is 10.0. The van der Waals surface area contributed by atoms with Gasteiger partial charge in [-0.25, -0.2) is 4.79 Å². The molecule has 112 valence electrons. The van der Waals surface area contributed by atoms with E-state index in [1.54, 1.807) is 31.3 Å². The van der Waals surface area contributed by atoms with Gasteiger partial charge in [-0.3, -0.25) is 9.69 Å². The average Bonchev–Trinajstić information content (AvgIpc) is 2.49. The lowest BCUT2D eigenvalue weighted by atomic mass is 10.0. The van der Waals surface area contributed by atoms with E-state index in [9.17, 15) is 9.59 Å². The molecule has 1 aromatic rings. The number of carboxylic acid groups (broad SMARTS) is 1. The summed E-state index contributed by atoms with van der Waals surface area (Å²) in [6, 6.07) is 8.33. The number of amides is 2. The van der Waals surface area contributed by atoms with Crippen molar-refractivity contribution in [2.75, 3.05) is 18.5 Å². The monoisotopic (exact) mass is 289 g/mol. The van der Waals surface area contributed by atoms with Crippen LogP contribution in [0.25, 0.3) is 0 Å². The predicted molar refractivity (Wildman–Crippen MR) is 79.0 cm³/mol. The maximum absolute atomic E-state index is 12.1. The van der Waals surface area contributed by atoms with Gasteiger partial charge in [0.1, 0.15) is 6.07 Å². The zero-order valence-corrected chi connectivity index (χ0v) is 12.2. The second kappa shape index (κ2) is 7.90. The number of rotatable bonds is 6. The summed E-state index contributed by atoms with van der Waals surface area (Å²) >= 11 is 0. The molecule has 1 atom stereocenters. The summed E-state index contributed by atoms with van der Waals surface area (Å²) in [6.07, 6.45) is 1.24. The molecule has 0 spiro atoms. The second-order valence-electron chi connectivity index (χ2n) is 4.70. The molecule has 0 saturated carbocycles. The third-order valence-corrected chi connectivity index (χ3v) is 3.18. The lowest BCUT2D eigenvalue weighted by Gasteiger charge is -2.20. The van der Waals surface area contributed by atoms with Gasteiger partial charge in [-0.1, -0.05) is 25.5 Å². The molecular formula is C15H19N3O3. The van der Waals surface area contributed by atoms with Crippen LogP contribution < -0.4 is 10.2 Å². The molecule has 6 heteroatoms. The first-order valence-electron chi connectivity index (χ1n) is 6.74. The van der Waals surface area contributed by atoms with E-state index in [0.717, 1.165) is 6.42 Å².